The second-order valence-electron chi connectivity index (χ2n) is 6.01. The zero-order valence-electron chi connectivity index (χ0n) is 15.1. The van der Waals surface area contributed by atoms with Crippen LogP contribution in [0, 0.1) is 0 Å². The first kappa shape index (κ1) is 19.6. The van der Waals surface area contributed by atoms with Gasteiger partial charge in [-0.2, -0.15) is 0 Å². The highest BCUT2D eigenvalue weighted by molar-refractivity contribution is 5.97. The van der Waals surface area contributed by atoms with Crippen molar-refractivity contribution in [3.63, 3.8) is 0 Å². The molecule has 8 heteroatoms. The fraction of sp³-hybridized carbons (Fsp3) is 0.500. The van der Waals surface area contributed by atoms with Gasteiger partial charge in [-0.25, -0.2) is 0 Å². The van der Waals surface area contributed by atoms with Crippen LogP contribution >= 0.6 is 0 Å². The Kier molecular flexibility index (Phi) is 7.25. The highest BCUT2D eigenvalue weighted by Crippen LogP contribution is 2.25. The van der Waals surface area contributed by atoms with Crippen LogP contribution < -0.4 is 25.4 Å². The van der Waals surface area contributed by atoms with Crippen molar-refractivity contribution in [2.24, 2.45) is 0 Å². The minimum Gasteiger partial charge on any atom is -0.497 e. The summed E-state index contributed by atoms with van der Waals surface area (Å²) >= 11 is 0. The smallest absolute Gasteiger partial charge is 0.255 e. The molecule has 0 aliphatic carbocycles. The molecular weight excluding hydrogens is 338 g/mol. The van der Waals surface area contributed by atoms with Gasteiger partial charge in [-0.05, 0) is 31.4 Å². The van der Waals surface area contributed by atoms with E-state index in [-0.39, 0.29) is 30.9 Å². The highest BCUT2D eigenvalue weighted by Gasteiger charge is 2.20. The SMILES string of the molecule is COc1ccc2c(c1)OCCNC(=O)[C@@H](NC(C)=O)CCCCNC2=O. The van der Waals surface area contributed by atoms with Gasteiger partial charge in [-0.1, -0.05) is 0 Å². The summed E-state index contributed by atoms with van der Waals surface area (Å²) in [5, 5.41) is 8.26. The van der Waals surface area contributed by atoms with Crippen molar-refractivity contribution in [1.29, 1.82) is 0 Å². The number of fused-ring (bicyclic) bond motifs is 1. The monoisotopic (exact) mass is 363 g/mol. The summed E-state index contributed by atoms with van der Waals surface area (Å²) in [6, 6.07) is 4.41. The van der Waals surface area contributed by atoms with Crippen LogP contribution in [0.4, 0.5) is 0 Å². The van der Waals surface area contributed by atoms with Gasteiger partial charge < -0.3 is 25.4 Å². The van der Waals surface area contributed by atoms with Gasteiger partial charge in [-0.15, -0.1) is 0 Å². The van der Waals surface area contributed by atoms with Gasteiger partial charge in [0.25, 0.3) is 5.91 Å². The number of hydrogen-bond acceptors (Lipinski definition) is 5. The molecule has 0 saturated carbocycles. The van der Waals surface area contributed by atoms with Crippen molar-refractivity contribution in [3.05, 3.63) is 23.8 Å². The Bertz CT molecular complexity index is 662. The molecule has 0 spiro atoms. The van der Waals surface area contributed by atoms with Crippen LogP contribution in [0.2, 0.25) is 0 Å². The van der Waals surface area contributed by atoms with Gasteiger partial charge in [0.15, 0.2) is 0 Å². The minimum absolute atomic E-state index is 0.186. The summed E-state index contributed by atoms with van der Waals surface area (Å²) in [4.78, 5) is 35.9. The van der Waals surface area contributed by atoms with Gasteiger partial charge in [0.05, 0.1) is 19.2 Å². The van der Waals surface area contributed by atoms with Crippen LogP contribution in [0.3, 0.4) is 0 Å². The summed E-state index contributed by atoms with van der Waals surface area (Å²) in [7, 11) is 1.53. The van der Waals surface area contributed by atoms with E-state index in [2.05, 4.69) is 16.0 Å². The summed E-state index contributed by atoms with van der Waals surface area (Å²) in [6.07, 6.45) is 1.90. The number of nitrogens with one attached hydrogen (secondary N) is 3. The maximum absolute atomic E-state index is 12.4. The number of carbonyl (C=O) groups excluding carboxylic acids is 3. The molecule has 0 saturated heterocycles. The molecule has 1 aliphatic rings. The maximum atomic E-state index is 12.4. The first-order chi connectivity index (χ1) is 12.5. The Labute approximate surface area is 152 Å². The molecule has 3 N–H and O–H groups in total. The average molecular weight is 363 g/mol. The first-order valence-corrected chi connectivity index (χ1v) is 8.65. The van der Waals surface area contributed by atoms with Crippen LogP contribution in [-0.4, -0.2) is 50.6 Å². The summed E-state index contributed by atoms with van der Waals surface area (Å²) in [6.45, 7) is 2.30. The van der Waals surface area contributed by atoms with Crippen molar-refractivity contribution < 1.29 is 23.9 Å². The largest absolute Gasteiger partial charge is 0.497 e. The topological polar surface area (TPSA) is 106 Å². The van der Waals surface area contributed by atoms with Gasteiger partial charge in [-0.3, -0.25) is 14.4 Å². The molecule has 1 aromatic rings. The Balaban J connectivity index is 2.12. The molecule has 1 heterocycles. The normalized spacial score (nSPS) is 19.1. The molecule has 1 aromatic carbocycles. The molecule has 1 aliphatic heterocycles. The van der Waals surface area contributed by atoms with Crippen molar-refractivity contribution >= 4 is 17.7 Å². The standard InChI is InChI=1S/C18H25N3O5/c1-12(22)21-15-5-3-4-8-19-17(23)14-7-6-13(25-2)11-16(14)26-10-9-20-18(15)24/h6-7,11,15H,3-5,8-10H2,1-2H3,(H,19,23)(H,20,24)(H,21,22)/t15-/m0/s1. The lowest BCUT2D eigenvalue weighted by atomic mass is 10.1. The third-order valence-electron chi connectivity index (χ3n) is 3.99. The van der Waals surface area contributed by atoms with E-state index in [1.807, 2.05) is 0 Å². The molecule has 3 amide bonds. The van der Waals surface area contributed by atoms with Gasteiger partial charge in [0.1, 0.15) is 24.1 Å². The predicted octanol–water partition coefficient (Wildman–Crippen LogP) is 0.609. The molecule has 142 valence electrons. The van der Waals surface area contributed by atoms with Crippen molar-refractivity contribution in [2.75, 3.05) is 26.8 Å². The lowest BCUT2D eigenvalue weighted by molar-refractivity contribution is -0.128. The second-order valence-corrected chi connectivity index (χ2v) is 6.01. The van der Waals surface area contributed by atoms with E-state index in [4.69, 9.17) is 9.47 Å². The van der Waals surface area contributed by atoms with Crippen LogP contribution in [0.1, 0.15) is 36.5 Å². The number of ether oxygens (including phenoxy) is 2. The Morgan fingerprint density at radius 1 is 1.23 bits per heavy atom. The third kappa shape index (κ3) is 5.65. The van der Waals surface area contributed by atoms with E-state index in [9.17, 15) is 14.4 Å². The predicted molar refractivity (Wildman–Crippen MR) is 95.3 cm³/mol. The number of amides is 3. The number of benzene rings is 1. The number of carbonyl (C=O) groups is 3. The first-order valence-electron chi connectivity index (χ1n) is 8.65. The zero-order chi connectivity index (χ0) is 18.9. The molecule has 26 heavy (non-hydrogen) atoms. The molecule has 0 fully saturated rings. The molecular formula is C18H25N3O5. The highest BCUT2D eigenvalue weighted by atomic mass is 16.5. The van der Waals surface area contributed by atoms with E-state index in [1.165, 1.54) is 14.0 Å². The van der Waals surface area contributed by atoms with Crippen LogP contribution in [0.5, 0.6) is 11.5 Å². The summed E-state index contributed by atoms with van der Waals surface area (Å²) < 4.78 is 10.8. The fourth-order valence-electron chi connectivity index (χ4n) is 2.68. The Morgan fingerprint density at radius 3 is 2.77 bits per heavy atom. The zero-order valence-corrected chi connectivity index (χ0v) is 15.1. The molecule has 0 radical (unpaired) electrons. The Morgan fingerprint density at radius 2 is 2.04 bits per heavy atom. The van der Waals surface area contributed by atoms with Crippen molar-refractivity contribution in [2.45, 2.75) is 32.2 Å². The summed E-state index contributed by atoms with van der Waals surface area (Å²) in [5.74, 6) is 0.258. The molecule has 8 nitrogen and oxygen atoms in total. The molecule has 0 bridgehead atoms. The van der Waals surface area contributed by atoms with E-state index < -0.39 is 6.04 Å². The van der Waals surface area contributed by atoms with Crippen LogP contribution in [0.25, 0.3) is 0 Å². The number of methoxy groups -OCH3 is 1. The van der Waals surface area contributed by atoms with Crippen LogP contribution in [0.15, 0.2) is 18.2 Å². The summed E-state index contributed by atoms with van der Waals surface area (Å²) in [5.41, 5.74) is 0.422. The fourth-order valence-corrected chi connectivity index (χ4v) is 2.68. The molecule has 1 atom stereocenters. The minimum atomic E-state index is -0.585. The van der Waals surface area contributed by atoms with Gasteiger partial charge in [0, 0.05) is 19.5 Å². The van der Waals surface area contributed by atoms with Crippen molar-refractivity contribution in [3.8, 4) is 11.5 Å². The molecule has 0 aromatic heterocycles. The quantitative estimate of drug-likeness (QED) is 0.714. The van der Waals surface area contributed by atoms with E-state index >= 15 is 0 Å². The van der Waals surface area contributed by atoms with Crippen molar-refractivity contribution in [1.82, 2.24) is 16.0 Å². The molecule has 2 rings (SSSR count). The average Bonchev–Trinajstić information content (AvgIpc) is 2.62. The maximum Gasteiger partial charge on any atom is 0.255 e. The van der Waals surface area contributed by atoms with Gasteiger partial charge >= 0.3 is 0 Å². The van der Waals surface area contributed by atoms with Crippen LogP contribution in [-0.2, 0) is 9.59 Å². The lowest BCUT2D eigenvalue weighted by Gasteiger charge is -2.19. The Hall–Kier alpha value is -2.77. The molecule has 0 unspecified atom stereocenters. The third-order valence-corrected chi connectivity index (χ3v) is 3.99. The van der Waals surface area contributed by atoms with E-state index in [1.54, 1.807) is 18.2 Å². The number of hydrogen-bond donors (Lipinski definition) is 3. The number of rotatable bonds is 2. The van der Waals surface area contributed by atoms with E-state index in [0.717, 1.165) is 0 Å². The second kappa shape index (κ2) is 9.65. The van der Waals surface area contributed by atoms with E-state index in [0.29, 0.717) is 42.9 Å². The lowest BCUT2D eigenvalue weighted by Crippen LogP contribution is -2.47. The van der Waals surface area contributed by atoms with Gasteiger partial charge in [0.2, 0.25) is 11.8 Å².